The van der Waals surface area contributed by atoms with E-state index in [2.05, 4.69) is 0 Å². The van der Waals surface area contributed by atoms with Crippen LogP contribution in [0.25, 0.3) is 0 Å². The standard InChI is InChI=1S/C11H18O/c1-8(12)10-7-6-9-4-2-3-5-11(9)10/h9-11H,2-7H2,1H3/t9-,10-,11+/m1/s1. The summed E-state index contributed by atoms with van der Waals surface area (Å²) in [7, 11) is 0. The Kier molecular flexibility index (Phi) is 2.20. The first kappa shape index (κ1) is 8.28. The van der Waals surface area contributed by atoms with Gasteiger partial charge in [0.25, 0.3) is 0 Å². The average Bonchev–Trinajstić information content (AvgIpc) is 2.47. The molecule has 0 saturated heterocycles. The number of hydrogen-bond acceptors (Lipinski definition) is 1. The number of rotatable bonds is 1. The second-order valence-corrected chi connectivity index (χ2v) is 4.50. The number of carbonyl (C=O) groups is 1. The lowest BCUT2D eigenvalue weighted by Gasteiger charge is -2.27. The maximum atomic E-state index is 11.3. The van der Waals surface area contributed by atoms with Crippen molar-refractivity contribution in [3.63, 3.8) is 0 Å². The number of ketones is 1. The minimum absolute atomic E-state index is 0.440. The van der Waals surface area contributed by atoms with Crippen molar-refractivity contribution in [2.75, 3.05) is 0 Å². The second-order valence-electron chi connectivity index (χ2n) is 4.50. The van der Waals surface area contributed by atoms with Crippen molar-refractivity contribution < 1.29 is 4.79 Å². The first-order chi connectivity index (χ1) is 5.79. The van der Waals surface area contributed by atoms with E-state index in [1.165, 1.54) is 38.5 Å². The van der Waals surface area contributed by atoms with Gasteiger partial charge in [0, 0.05) is 5.92 Å². The molecule has 0 N–H and O–H groups in total. The van der Waals surface area contributed by atoms with E-state index >= 15 is 0 Å². The molecule has 0 aliphatic heterocycles. The van der Waals surface area contributed by atoms with Gasteiger partial charge in [-0.15, -0.1) is 0 Å². The van der Waals surface area contributed by atoms with Crippen molar-refractivity contribution in [1.82, 2.24) is 0 Å². The van der Waals surface area contributed by atoms with Crippen LogP contribution in [-0.2, 0) is 4.79 Å². The van der Waals surface area contributed by atoms with Crippen molar-refractivity contribution in [3.8, 4) is 0 Å². The largest absolute Gasteiger partial charge is 0.300 e. The molecule has 1 heteroatoms. The molecule has 2 aliphatic carbocycles. The summed E-state index contributed by atoms with van der Waals surface area (Å²) in [5.74, 6) is 2.57. The Bertz CT molecular complexity index is 185. The summed E-state index contributed by atoms with van der Waals surface area (Å²) in [6, 6.07) is 0. The molecule has 1 nitrogen and oxygen atoms in total. The van der Waals surface area contributed by atoms with E-state index in [1.807, 2.05) is 0 Å². The zero-order valence-electron chi connectivity index (χ0n) is 7.88. The predicted molar refractivity (Wildman–Crippen MR) is 48.9 cm³/mol. The number of hydrogen-bond donors (Lipinski definition) is 0. The highest BCUT2D eigenvalue weighted by Crippen LogP contribution is 2.45. The van der Waals surface area contributed by atoms with Gasteiger partial charge in [0.15, 0.2) is 0 Å². The molecule has 0 aromatic carbocycles. The van der Waals surface area contributed by atoms with Crippen molar-refractivity contribution in [3.05, 3.63) is 0 Å². The Hall–Kier alpha value is -0.330. The molecular weight excluding hydrogens is 148 g/mol. The van der Waals surface area contributed by atoms with E-state index in [1.54, 1.807) is 6.92 Å². The molecule has 0 heterocycles. The third-order valence-corrected chi connectivity index (χ3v) is 3.86. The molecule has 2 fully saturated rings. The molecule has 3 atom stereocenters. The van der Waals surface area contributed by atoms with Crippen LogP contribution in [0.15, 0.2) is 0 Å². The summed E-state index contributed by atoms with van der Waals surface area (Å²) in [4.78, 5) is 11.3. The fraction of sp³-hybridized carbons (Fsp3) is 0.909. The quantitative estimate of drug-likeness (QED) is 0.585. The third kappa shape index (κ3) is 1.30. The molecular formula is C11H18O. The minimum atomic E-state index is 0.440. The Morgan fingerprint density at radius 2 is 1.83 bits per heavy atom. The van der Waals surface area contributed by atoms with Gasteiger partial charge in [-0.1, -0.05) is 19.3 Å². The third-order valence-electron chi connectivity index (χ3n) is 3.86. The van der Waals surface area contributed by atoms with Crippen LogP contribution in [0.3, 0.4) is 0 Å². The van der Waals surface area contributed by atoms with Crippen LogP contribution in [0.5, 0.6) is 0 Å². The Morgan fingerprint density at radius 3 is 2.58 bits per heavy atom. The molecule has 0 radical (unpaired) electrons. The lowest BCUT2D eigenvalue weighted by molar-refractivity contribution is -0.122. The first-order valence-corrected chi connectivity index (χ1v) is 5.29. The molecule has 0 aromatic heterocycles. The van der Waals surface area contributed by atoms with E-state index in [0.717, 1.165) is 11.8 Å². The minimum Gasteiger partial charge on any atom is -0.300 e. The normalized spacial score (nSPS) is 40.9. The van der Waals surface area contributed by atoms with E-state index in [0.29, 0.717) is 11.7 Å². The van der Waals surface area contributed by atoms with Crippen LogP contribution in [0, 0.1) is 17.8 Å². The summed E-state index contributed by atoms with van der Waals surface area (Å²) < 4.78 is 0. The van der Waals surface area contributed by atoms with Crippen LogP contribution in [0.4, 0.5) is 0 Å². The van der Waals surface area contributed by atoms with Gasteiger partial charge in [-0.05, 0) is 38.0 Å². The topological polar surface area (TPSA) is 17.1 Å². The first-order valence-electron chi connectivity index (χ1n) is 5.29. The zero-order chi connectivity index (χ0) is 8.55. The van der Waals surface area contributed by atoms with Gasteiger partial charge in [0.1, 0.15) is 5.78 Å². The Morgan fingerprint density at radius 1 is 1.08 bits per heavy atom. The lowest BCUT2D eigenvalue weighted by atomic mass is 9.77. The Labute approximate surface area is 74.5 Å². The summed E-state index contributed by atoms with van der Waals surface area (Å²) in [6.07, 6.45) is 8.01. The molecule has 2 aliphatic rings. The van der Waals surface area contributed by atoms with Gasteiger partial charge in [-0.25, -0.2) is 0 Å². The predicted octanol–water partition coefficient (Wildman–Crippen LogP) is 2.79. The molecule has 0 bridgehead atoms. The van der Waals surface area contributed by atoms with Gasteiger partial charge < -0.3 is 0 Å². The maximum absolute atomic E-state index is 11.3. The second kappa shape index (κ2) is 3.20. The maximum Gasteiger partial charge on any atom is 0.133 e. The summed E-state index contributed by atoms with van der Waals surface area (Å²) in [5, 5.41) is 0. The fourth-order valence-corrected chi connectivity index (χ4v) is 3.24. The molecule has 2 saturated carbocycles. The van der Waals surface area contributed by atoms with E-state index in [9.17, 15) is 4.79 Å². The highest BCUT2D eigenvalue weighted by Gasteiger charge is 2.39. The van der Waals surface area contributed by atoms with Gasteiger partial charge in [-0.3, -0.25) is 4.79 Å². The molecule has 0 aromatic rings. The van der Waals surface area contributed by atoms with Crippen molar-refractivity contribution in [2.45, 2.75) is 45.4 Å². The van der Waals surface area contributed by atoms with Crippen LogP contribution in [0.1, 0.15) is 45.4 Å². The Balaban J connectivity index is 2.05. The molecule has 0 spiro atoms. The zero-order valence-corrected chi connectivity index (χ0v) is 7.88. The lowest BCUT2D eigenvalue weighted by Crippen LogP contribution is -2.23. The fourth-order valence-electron chi connectivity index (χ4n) is 3.24. The highest BCUT2D eigenvalue weighted by atomic mass is 16.1. The van der Waals surface area contributed by atoms with Crippen molar-refractivity contribution in [2.24, 2.45) is 17.8 Å². The van der Waals surface area contributed by atoms with Crippen LogP contribution < -0.4 is 0 Å². The summed E-state index contributed by atoms with van der Waals surface area (Å²) in [6.45, 7) is 1.78. The van der Waals surface area contributed by atoms with Crippen molar-refractivity contribution >= 4 is 5.78 Å². The SMILES string of the molecule is CC(=O)[C@H]1CC[C@H]2CCCC[C@@H]21. The van der Waals surface area contributed by atoms with E-state index < -0.39 is 0 Å². The monoisotopic (exact) mass is 166 g/mol. The molecule has 12 heavy (non-hydrogen) atoms. The smallest absolute Gasteiger partial charge is 0.133 e. The number of Topliss-reactive ketones (excluding diaryl/α,β-unsaturated/α-hetero) is 1. The van der Waals surface area contributed by atoms with Gasteiger partial charge >= 0.3 is 0 Å². The average molecular weight is 166 g/mol. The molecule has 0 unspecified atom stereocenters. The summed E-state index contributed by atoms with van der Waals surface area (Å²) >= 11 is 0. The van der Waals surface area contributed by atoms with E-state index in [-0.39, 0.29) is 0 Å². The van der Waals surface area contributed by atoms with E-state index in [4.69, 9.17) is 0 Å². The van der Waals surface area contributed by atoms with Crippen LogP contribution >= 0.6 is 0 Å². The van der Waals surface area contributed by atoms with Gasteiger partial charge in [0.2, 0.25) is 0 Å². The molecule has 2 rings (SSSR count). The van der Waals surface area contributed by atoms with Crippen molar-refractivity contribution in [1.29, 1.82) is 0 Å². The molecule has 0 amide bonds. The van der Waals surface area contributed by atoms with Crippen LogP contribution in [-0.4, -0.2) is 5.78 Å². The molecule has 68 valence electrons. The number of carbonyl (C=O) groups excluding carboxylic acids is 1. The number of fused-ring (bicyclic) bond motifs is 1. The van der Waals surface area contributed by atoms with Gasteiger partial charge in [-0.2, -0.15) is 0 Å². The highest BCUT2D eigenvalue weighted by molar-refractivity contribution is 5.78. The van der Waals surface area contributed by atoms with Gasteiger partial charge in [0.05, 0.1) is 0 Å². The van der Waals surface area contributed by atoms with Crippen LogP contribution in [0.2, 0.25) is 0 Å². The summed E-state index contributed by atoms with van der Waals surface area (Å²) in [5.41, 5.74) is 0.